The van der Waals surface area contributed by atoms with Gasteiger partial charge in [0.05, 0.1) is 12.1 Å². The molecular formula is C18H26N2O2. The van der Waals surface area contributed by atoms with Crippen LogP contribution in [0.25, 0.3) is 0 Å². The number of hydrogen-bond acceptors (Lipinski definition) is 3. The summed E-state index contributed by atoms with van der Waals surface area (Å²) in [5.74, 6) is 0.625. The van der Waals surface area contributed by atoms with E-state index in [0.717, 1.165) is 44.6 Å². The van der Waals surface area contributed by atoms with E-state index in [9.17, 15) is 9.90 Å². The molecule has 0 aliphatic carbocycles. The van der Waals surface area contributed by atoms with E-state index in [4.69, 9.17) is 0 Å². The number of aliphatic hydroxyl groups is 1. The molecule has 120 valence electrons. The highest BCUT2D eigenvalue weighted by atomic mass is 16.3. The number of hydrogen-bond donors (Lipinski definition) is 1. The van der Waals surface area contributed by atoms with Gasteiger partial charge >= 0.3 is 0 Å². The lowest BCUT2D eigenvalue weighted by Gasteiger charge is -2.36. The molecule has 2 saturated heterocycles. The van der Waals surface area contributed by atoms with Gasteiger partial charge in [-0.05, 0) is 64.3 Å². The van der Waals surface area contributed by atoms with Crippen molar-refractivity contribution in [2.24, 2.45) is 5.92 Å². The second-order valence-electron chi connectivity index (χ2n) is 6.74. The highest BCUT2D eigenvalue weighted by Crippen LogP contribution is 2.28. The molecule has 1 aromatic carbocycles. The molecule has 0 aromatic heterocycles. The van der Waals surface area contributed by atoms with E-state index in [1.54, 1.807) is 0 Å². The first-order valence-corrected chi connectivity index (χ1v) is 8.36. The number of carbonyl (C=O) groups excluding carboxylic acids is 1. The van der Waals surface area contributed by atoms with E-state index < -0.39 is 0 Å². The summed E-state index contributed by atoms with van der Waals surface area (Å²) in [6.45, 7) is 6.59. The Kier molecular flexibility index (Phi) is 4.50. The Morgan fingerprint density at radius 3 is 2.32 bits per heavy atom. The molecule has 0 spiro atoms. The van der Waals surface area contributed by atoms with E-state index in [0.29, 0.717) is 5.92 Å². The summed E-state index contributed by atoms with van der Waals surface area (Å²) in [5.41, 5.74) is 2.23. The summed E-state index contributed by atoms with van der Waals surface area (Å²) in [5, 5.41) is 9.70. The van der Waals surface area contributed by atoms with Gasteiger partial charge in [-0.3, -0.25) is 9.69 Å². The molecule has 1 N–H and O–H groups in total. The lowest BCUT2D eigenvalue weighted by molar-refractivity contribution is -0.122. The Bertz CT molecular complexity index is 518. The van der Waals surface area contributed by atoms with Gasteiger partial charge in [0.15, 0.2) is 0 Å². The lowest BCUT2D eigenvalue weighted by atomic mass is 9.91. The number of nitrogens with zero attached hydrogens (tertiary/aromatic N) is 2. The minimum atomic E-state index is -0.231. The number of rotatable bonds is 3. The smallest absolute Gasteiger partial charge is 0.244 e. The van der Waals surface area contributed by atoms with Gasteiger partial charge < -0.3 is 10.0 Å². The van der Waals surface area contributed by atoms with Gasteiger partial charge in [-0.25, -0.2) is 0 Å². The number of aryl methyl sites for hydroxylation is 1. The maximum absolute atomic E-state index is 12.7. The third-order valence-electron chi connectivity index (χ3n) is 5.22. The van der Waals surface area contributed by atoms with Crippen molar-refractivity contribution < 1.29 is 9.90 Å². The third kappa shape index (κ3) is 3.03. The predicted octanol–water partition coefficient (Wildman–Crippen LogP) is 2.19. The fourth-order valence-corrected chi connectivity index (χ4v) is 3.70. The second-order valence-corrected chi connectivity index (χ2v) is 6.74. The maximum atomic E-state index is 12.7. The first-order valence-electron chi connectivity index (χ1n) is 8.36. The first kappa shape index (κ1) is 15.5. The largest absolute Gasteiger partial charge is 0.393 e. The van der Waals surface area contributed by atoms with Crippen LogP contribution in [0.15, 0.2) is 24.3 Å². The molecule has 0 saturated carbocycles. The van der Waals surface area contributed by atoms with Crippen LogP contribution in [0.4, 0.5) is 5.69 Å². The highest BCUT2D eigenvalue weighted by molar-refractivity contribution is 5.99. The minimum Gasteiger partial charge on any atom is -0.393 e. The van der Waals surface area contributed by atoms with Crippen molar-refractivity contribution in [3.63, 3.8) is 0 Å². The van der Waals surface area contributed by atoms with Crippen molar-refractivity contribution in [2.45, 2.75) is 45.3 Å². The van der Waals surface area contributed by atoms with Gasteiger partial charge in [-0.15, -0.1) is 0 Å². The van der Waals surface area contributed by atoms with Crippen LogP contribution in [0.1, 0.15) is 31.7 Å². The van der Waals surface area contributed by atoms with Crippen LogP contribution in [-0.2, 0) is 4.79 Å². The SMILES string of the molecule is Cc1ccc(N2CCC(N3CCC(C(C)O)CC3)C2=O)cc1. The Morgan fingerprint density at radius 1 is 1.09 bits per heavy atom. The molecule has 0 radical (unpaired) electrons. The fraction of sp³-hybridized carbons (Fsp3) is 0.611. The molecule has 2 aliphatic rings. The second kappa shape index (κ2) is 6.39. The summed E-state index contributed by atoms with van der Waals surface area (Å²) in [6.07, 6.45) is 2.66. The zero-order chi connectivity index (χ0) is 15.7. The van der Waals surface area contributed by atoms with Gasteiger partial charge in [-0.2, -0.15) is 0 Å². The number of piperidine rings is 1. The molecule has 22 heavy (non-hydrogen) atoms. The molecule has 2 aliphatic heterocycles. The molecule has 0 bridgehead atoms. The van der Waals surface area contributed by atoms with Crippen LogP contribution in [0, 0.1) is 12.8 Å². The maximum Gasteiger partial charge on any atom is 0.244 e. The summed E-state index contributed by atoms with van der Waals surface area (Å²) in [6, 6.07) is 8.22. The van der Waals surface area contributed by atoms with Crippen LogP contribution in [0.3, 0.4) is 0 Å². The summed E-state index contributed by atoms with van der Waals surface area (Å²) in [7, 11) is 0. The van der Waals surface area contributed by atoms with Crippen molar-refractivity contribution in [1.82, 2.24) is 4.90 Å². The quantitative estimate of drug-likeness (QED) is 0.931. The van der Waals surface area contributed by atoms with E-state index in [1.807, 2.05) is 24.0 Å². The first-order chi connectivity index (χ1) is 10.6. The molecule has 3 rings (SSSR count). The standard InChI is InChI=1S/C18H26N2O2/c1-13-3-5-16(6-4-13)20-12-9-17(18(20)22)19-10-7-15(8-11-19)14(2)21/h3-6,14-15,17,21H,7-12H2,1-2H3. The van der Waals surface area contributed by atoms with Crippen LogP contribution in [0.2, 0.25) is 0 Å². The summed E-state index contributed by atoms with van der Waals surface area (Å²) >= 11 is 0. The third-order valence-corrected chi connectivity index (χ3v) is 5.22. The van der Waals surface area contributed by atoms with E-state index >= 15 is 0 Å². The highest BCUT2D eigenvalue weighted by Gasteiger charge is 2.38. The average molecular weight is 302 g/mol. The number of amides is 1. The van der Waals surface area contributed by atoms with E-state index in [1.165, 1.54) is 5.56 Å². The van der Waals surface area contributed by atoms with Crippen molar-refractivity contribution in [3.05, 3.63) is 29.8 Å². The number of anilines is 1. The Balaban J connectivity index is 1.63. The van der Waals surface area contributed by atoms with Gasteiger partial charge in [0.25, 0.3) is 0 Å². The Morgan fingerprint density at radius 2 is 1.73 bits per heavy atom. The van der Waals surface area contributed by atoms with Crippen molar-refractivity contribution in [3.8, 4) is 0 Å². The molecular weight excluding hydrogens is 276 g/mol. The summed E-state index contributed by atoms with van der Waals surface area (Å²) in [4.78, 5) is 17.0. The number of aliphatic hydroxyl groups excluding tert-OH is 1. The van der Waals surface area contributed by atoms with Crippen LogP contribution < -0.4 is 4.90 Å². The molecule has 2 atom stereocenters. The normalized spacial score (nSPS) is 25.7. The molecule has 2 unspecified atom stereocenters. The van der Waals surface area contributed by atoms with E-state index in [-0.39, 0.29) is 18.1 Å². The molecule has 2 heterocycles. The summed E-state index contributed by atoms with van der Waals surface area (Å²) < 4.78 is 0. The van der Waals surface area contributed by atoms with Crippen LogP contribution in [-0.4, -0.2) is 47.7 Å². The minimum absolute atomic E-state index is 0.0243. The van der Waals surface area contributed by atoms with E-state index in [2.05, 4.69) is 24.0 Å². The molecule has 4 nitrogen and oxygen atoms in total. The van der Waals surface area contributed by atoms with Gasteiger partial charge in [0, 0.05) is 12.2 Å². The van der Waals surface area contributed by atoms with Gasteiger partial charge in [0.2, 0.25) is 5.91 Å². The molecule has 2 fully saturated rings. The monoisotopic (exact) mass is 302 g/mol. The number of likely N-dealkylation sites (tertiary alicyclic amines) is 1. The predicted molar refractivity (Wildman–Crippen MR) is 87.9 cm³/mol. The Labute approximate surface area is 132 Å². The lowest BCUT2D eigenvalue weighted by Crippen LogP contribution is -2.47. The number of carbonyl (C=O) groups is 1. The molecule has 1 amide bonds. The molecule has 1 aromatic rings. The van der Waals surface area contributed by atoms with Crippen molar-refractivity contribution in [2.75, 3.05) is 24.5 Å². The van der Waals surface area contributed by atoms with Crippen molar-refractivity contribution >= 4 is 11.6 Å². The zero-order valence-corrected chi connectivity index (χ0v) is 13.5. The topological polar surface area (TPSA) is 43.8 Å². The zero-order valence-electron chi connectivity index (χ0n) is 13.5. The Hall–Kier alpha value is -1.39. The van der Waals surface area contributed by atoms with Crippen LogP contribution >= 0.6 is 0 Å². The van der Waals surface area contributed by atoms with Crippen LogP contribution in [0.5, 0.6) is 0 Å². The fourth-order valence-electron chi connectivity index (χ4n) is 3.70. The van der Waals surface area contributed by atoms with Gasteiger partial charge in [-0.1, -0.05) is 17.7 Å². The molecule has 4 heteroatoms. The van der Waals surface area contributed by atoms with Crippen molar-refractivity contribution in [1.29, 1.82) is 0 Å². The van der Waals surface area contributed by atoms with Gasteiger partial charge in [0.1, 0.15) is 0 Å². The number of benzene rings is 1. The average Bonchev–Trinajstić information content (AvgIpc) is 2.90.